The molecular weight excluding hydrogens is 514 g/mol. The molecule has 0 saturated carbocycles. The number of piperidine rings is 1. The van der Waals surface area contributed by atoms with E-state index in [4.69, 9.17) is 11.6 Å². The predicted octanol–water partition coefficient (Wildman–Crippen LogP) is 1.40. The quantitative estimate of drug-likeness (QED) is 0.511. The topological polar surface area (TPSA) is 119 Å². The van der Waals surface area contributed by atoms with Gasteiger partial charge in [-0.25, -0.2) is 13.4 Å². The molecule has 10 nitrogen and oxygen atoms in total. The SMILES string of the molecule is O=C(NN1CCCC1)C1CCCN1C(=O)CN1CCCC(NS(=O)(=O)/C=C/c2ccc(Cl)s2)C1=O. The zero-order valence-corrected chi connectivity index (χ0v) is 21.7. The minimum Gasteiger partial charge on any atom is -0.332 e. The lowest BCUT2D eigenvalue weighted by Crippen LogP contribution is -2.56. The van der Waals surface area contributed by atoms with Gasteiger partial charge in [-0.2, -0.15) is 4.72 Å². The van der Waals surface area contributed by atoms with Crippen molar-refractivity contribution in [2.45, 2.75) is 50.6 Å². The Kier molecular flexibility index (Phi) is 8.48. The van der Waals surface area contributed by atoms with Crippen molar-refractivity contribution in [1.82, 2.24) is 25.0 Å². The van der Waals surface area contributed by atoms with Crippen LogP contribution >= 0.6 is 22.9 Å². The van der Waals surface area contributed by atoms with Gasteiger partial charge >= 0.3 is 0 Å². The summed E-state index contributed by atoms with van der Waals surface area (Å²) in [6.07, 6.45) is 5.72. The van der Waals surface area contributed by atoms with Gasteiger partial charge < -0.3 is 9.80 Å². The lowest BCUT2D eigenvalue weighted by Gasteiger charge is -2.34. The second-order valence-corrected chi connectivity index (χ2v) is 12.3. The fourth-order valence-electron chi connectivity index (χ4n) is 4.67. The average molecular weight is 544 g/mol. The van der Waals surface area contributed by atoms with E-state index in [2.05, 4.69) is 10.1 Å². The number of nitrogens with zero attached hydrogens (tertiary/aromatic N) is 3. The van der Waals surface area contributed by atoms with Crippen LogP contribution in [0.25, 0.3) is 6.08 Å². The molecule has 3 saturated heterocycles. The van der Waals surface area contributed by atoms with Gasteiger partial charge in [0.1, 0.15) is 12.1 Å². The Labute approximate surface area is 214 Å². The molecule has 3 amide bonds. The summed E-state index contributed by atoms with van der Waals surface area (Å²) in [5.74, 6) is -0.916. The zero-order valence-electron chi connectivity index (χ0n) is 19.3. The molecule has 192 valence electrons. The van der Waals surface area contributed by atoms with Gasteiger partial charge in [-0.3, -0.25) is 19.8 Å². The highest BCUT2D eigenvalue weighted by Crippen LogP contribution is 2.23. The van der Waals surface area contributed by atoms with Gasteiger partial charge in [-0.15, -0.1) is 11.3 Å². The van der Waals surface area contributed by atoms with Crippen molar-refractivity contribution in [3.8, 4) is 0 Å². The number of hydrogen-bond donors (Lipinski definition) is 2. The summed E-state index contributed by atoms with van der Waals surface area (Å²) in [7, 11) is -3.87. The molecule has 3 aliphatic heterocycles. The van der Waals surface area contributed by atoms with Crippen LogP contribution in [0.4, 0.5) is 0 Å². The van der Waals surface area contributed by atoms with Gasteiger partial charge in [-0.1, -0.05) is 11.6 Å². The number of hydrogen-bond acceptors (Lipinski definition) is 7. The van der Waals surface area contributed by atoms with Gasteiger partial charge in [0.05, 0.1) is 10.9 Å². The largest absolute Gasteiger partial charge is 0.332 e. The number of sulfonamides is 1. The molecule has 0 bridgehead atoms. The lowest BCUT2D eigenvalue weighted by atomic mass is 10.1. The summed E-state index contributed by atoms with van der Waals surface area (Å²) in [5, 5.41) is 2.90. The van der Waals surface area contributed by atoms with Gasteiger partial charge in [0.25, 0.3) is 5.91 Å². The molecule has 1 aromatic heterocycles. The van der Waals surface area contributed by atoms with Crippen LogP contribution in [-0.2, 0) is 24.4 Å². The maximum absolute atomic E-state index is 13.0. The molecule has 1 aromatic rings. The van der Waals surface area contributed by atoms with Crippen molar-refractivity contribution >= 4 is 56.8 Å². The predicted molar refractivity (Wildman–Crippen MR) is 134 cm³/mol. The number of likely N-dealkylation sites (tertiary alicyclic amines) is 2. The number of rotatable bonds is 8. The van der Waals surface area contributed by atoms with E-state index < -0.39 is 28.0 Å². The second-order valence-electron chi connectivity index (χ2n) is 8.98. The highest BCUT2D eigenvalue weighted by atomic mass is 35.5. The standard InChI is InChI=1S/C22H30ClN5O5S2/c23-19-8-7-16(34-19)9-14-35(32,33)25-17-5-3-10-26(22(17)31)15-20(29)28-13-4-6-18(28)21(30)24-27-11-1-2-12-27/h7-9,14,17-18,25H,1-6,10-13,15H2,(H,24,30)/b14-9+. The number of thiophene rings is 1. The highest BCUT2D eigenvalue weighted by Gasteiger charge is 2.38. The molecule has 0 radical (unpaired) electrons. The normalized spacial score (nSPS) is 24.0. The van der Waals surface area contributed by atoms with Crippen molar-refractivity contribution in [2.75, 3.05) is 32.7 Å². The van der Waals surface area contributed by atoms with Crippen LogP contribution in [0.5, 0.6) is 0 Å². The first kappa shape index (κ1) is 26.1. The van der Waals surface area contributed by atoms with E-state index in [1.54, 1.807) is 17.0 Å². The molecular formula is C22H30ClN5O5S2. The Hall–Kier alpha value is -1.99. The first-order chi connectivity index (χ1) is 16.7. The number of nitrogens with one attached hydrogen (secondary N) is 2. The molecule has 13 heteroatoms. The molecule has 4 rings (SSSR count). The number of carbonyl (C=O) groups excluding carboxylic acids is 3. The molecule has 0 aromatic carbocycles. The number of halogens is 1. The number of hydrazine groups is 1. The Morgan fingerprint density at radius 1 is 1.09 bits per heavy atom. The molecule has 3 fully saturated rings. The Bertz CT molecular complexity index is 1090. The van der Waals surface area contributed by atoms with Crippen LogP contribution in [0.1, 0.15) is 43.4 Å². The summed E-state index contributed by atoms with van der Waals surface area (Å²) < 4.78 is 28.0. The molecule has 2 unspecified atom stereocenters. The van der Waals surface area contributed by atoms with Crippen LogP contribution in [0.3, 0.4) is 0 Å². The van der Waals surface area contributed by atoms with E-state index in [-0.39, 0.29) is 18.4 Å². The fraction of sp³-hybridized carbons (Fsp3) is 0.591. The fourth-order valence-corrected chi connectivity index (χ4v) is 6.74. The van der Waals surface area contributed by atoms with Crippen molar-refractivity contribution < 1.29 is 22.8 Å². The van der Waals surface area contributed by atoms with Gasteiger partial charge in [0.15, 0.2) is 0 Å². The van der Waals surface area contributed by atoms with E-state index in [9.17, 15) is 22.8 Å². The van der Waals surface area contributed by atoms with E-state index in [0.717, 1.165) is 37.8 Å². The van der Waals surface area contributed by atoms with Gasteiger partial charge in [-0.05, 0) is 56.7 Å². The Balaban J connectivity index is 1.33. The highest BCUT2D eigenvalue weighted by molar-refractivity contribution is 7.92. The summed E-state index contributed by atoms with van der Waals surface area (Å²) in [6, 6.07) is 1.89. The van der Waals surface area contributed by atoms with Gasteiger partial charge in [0, 0.05) is 36.5 Å². The minimum atomic E-state index is -3.87. The van der Waals surface area contributed by atoms with Crippen molar-refractivity contribution in [1.29, 1.82) is 0 Å². The first-order valence-corrected chi connectivity index (χ1v) is 14.6. The maximum Gasteiger partial charge on any atom is 0.257 e. The van der Waals surface area contributed by atoms with Crippen LogP contribution in [0.15, 0.2) is 17.5 Å². The van der Waals surface area contributed by atoms with Crippen LogP contribution in [0, 0.1) is 0 Å². The molecule has 0 spiro atoms. The van der Waals surface area contributed by atoms with E-state index in [1.807, 2.05) is 5.01 Å². The van der Waals surface area contributed by atoms with Crippen LogP contribution < -0.4 is 10.1 Å². The summed E-state index contributed by atoms with van der Waals surface area (Å²) in [6.45, 7) is 2.27. The van der Waals surface area contributed by atoms with E-state index >= 15 is 0 Å². The number of carbonyl (C=O) groups is 3. The monoisotopic (exact) mass is 543 g/mol. The molecule has 3 aliphatic rings. The molecule has 4 heterocycles. The summed E-state index contributed by atoms with van der Waals surface area (Å²) >= 11 is 7.11. The summed E-state index contributed by atoms with van der Waals surface area (Å²) in [4.78, 5) is 42.4. The third kappa shape index (κ3) is 6.82. The first-order valence-electron chi connectivity index (χ1n) is 11.8. The van der Waals surface area contributed by atoms with Crippen molar-refractivity contribution in [2.24, 2.45) is 0 Å². The minimum absolute atomic E-state index is 0.173. The van der Waals surface area contributed by atoms with E-state index in [1.165, 1.54) is 22.3 Å². The summed E-state index contributed by atoms with van der Waals surface area (Å²) in [5.41, 5.74) is 2.91. The van der Waals surface area contributed by atoms with Crippen molar-refractivity contribution in [3.05, 3.63) is 26.8 Å². The second kappa shape index (κ2) is 11.4. The Morgan fingerprint density at radius 3 is 2.54 bits per heavy atom. The van der Waals surface area contributed by atoms with Crippen LogP contribution in [-0.4, -0.2) is 85.8 Å². The smallest absolute Gasteiger partial charge is 0.257 e. The van der Waals surface area contributed by atoms with Crippen molar-refractivity contribution in [3.63, 3.8) is 0 Å². The molecule has 0 aliphatic carbocycles. The molecule has 35 heavy (non-hydrogen) atoms. The lowest BCUT2D eigenvalue weighted by molar-refractivity contribution is -0.146. The zero-order chi connectivity index (χ0) is 25.0. The van der Waals surface area contributed by atoms with Crippen LogP contribution in [0.2, 0.25) is 4.34 Å². The molecule has 2 N–H and O–H groups in total. The van der Waals surface area contributed by atoms with Gasteiger partial charge in [0.2, 0.25) is 21.8 Å². The van der Waals surface area contributed by atoms with E-state index in [0.29, 0.717) is 41.6 Å². The average Bonchev–Trinajstić information content (AvgIpc) is 3.57. The third-order valence-corrected chi connectivity index (χ3v) is 8.72. The maximum atomic E-state index is 13.0. The number of amides is 3. The third-order valence-electron chi connectivity index (χ3n) is 6.42. The molecule has 2 atom stereocenters. The Morgan fingerprint density at radius 2 is 1.83 bits per heavy atom.